The highest BCUT2D eigenvalue weighted by Gasteiger charge is 2.10. The topological polar surface area (TPSA) is 38.4 Å². The fourth-order valence-electron chi connectivity index (χ4n) is 0.784. The highest BCUT2D eigenvalue weighted by atomic mass is 32.2. The first kappa shape index (κ1) is 7.09. The Hall–Kier alpha value is -0.0200. The summed E-state index contributed by atoms with van der Waals surface area (Å²) in [6.45, 7) is 1.75. The van der Waals surface area contributed by atoms with Crippen molar-refractivity contribution in [3.63, 3.8) is 0 Å². The summed E-state index contributed by atoms with van der Waals surface area (Å²) in [5.41, 5.74) is 8.23. The normalized spacial score (nSPS) is 25.2. The van der Waals surface area contributed by atoms with Gasteiger partial charge in [-0.1, -0.05) is 11.8 Å². The molecule has 0 aromatic carbocycles. The molecule has 1 aliphatic heterocycles. The van der Waals surface area contributed by atoms with Crippen molar-refractivity contribution >= 4 is 17.3 Å². The van der Waals surface area contributed by atoms with Gasteiger partial charge in [0.15, 0.2) is 0 Å². The number of rotatable bonds is 3. The molecule has 1 aliphatic rings. The van der Waals surface area contributed by atoms with Gasteiger partial charge in [-0.2, -0.15) is 0 Å². The minimum absolute atomic E-state index is 0.675. The van der Waals surface area contributed by atoms with Crippen molar-refractivity contribution in [1.29, 1.82) is 0 Å². The molecule has 1 radical (unpaired) electrons. The second-order valence-electron chi connectivity index (χ2n) is 2.10. The molecule has 0 amide bonds. The molecular weight excluding hydrogens is 132 g/mol. The highest BCUT2D eigenvalue weighted by Crippen LogP contribution is 2.18. The summed E-state index contributed by atoms with van der Waals surface area (Å²) in [6, 6.07) is 0. The van der Waals surface area contributed by atoms with Crippen molar-refractivity contribution in [3.8, 4) is 0 Å². The molecule has 0 saturated heterocycles. The number of hydrogen-bond donors (Lipinski definition) is 1. The van der Waals surface area contributed by atoms with Crippen LogP contribution < -0.4 is 5.73 Å². The third-order valence-corrected chi connectivity index (χ3v) is 2.26. The average Bonchev–Trinajstić information content (AvgIpc) is 2.34. The number of nitrogens with two attached hydrogens (primary N) is 1. The Kier molecular flexibility index (Phi) is 3.08. The standard InChI is InChI=1S/C6H11N2S/c7-3-1-2-6-4-8-5-9-6/h6H,1-4,7H2. The van der Waals surface area contributed by atoms with Crippen molar-refractivity contribution in [2.75, 3.05) is 13.1 Å². The predicted molar refractivity (Wildman–Crippen MR) is 42.0 cm³/mol. The lowest BCUT2D eigenvalue weighted by Crippen LogP contribution is -2.06. The fraction of sp³-hybridized carbons (Fsp3) is 0.833. The maximum atomic E-state index is 5.35. The van der Waals surface area contributed by atoms with Crippen LogP contribution in [0.5, 0.6) is 0 Å². The summed E-state index contributed by atoms with van der Waals surface area (Å²) in [5, 5.41) is 0.675. The van der Waals surface area contributed by atoms with E-state index in [1.54, 1.807) is 11.8 Å². The molecular formula is C6H11N2S. The van der Waals surface area contributed by atoms with Crippen molar-refractivity contribution in [3.05, 3.63) is 0 Å². The van der Waals surface area contributed by atoms with Crippen LogP contribution >= 0.6 is 11.8 Å². The molecule has 0 fully saturated rings. The minimum atomic E-state index is 0.675. The Balaban J connectivity index is 2.01. The summed E-state index contributed by atoms with van der Waals surface area (Å²) in [5.74, 6) is 0. The van der Waals surface area contributed by atoms with Gasteiger partial charge in [0.2, 0.25) is 0 Å². The summed E-state index contributed by atoms with van der Waals surface area (Å²) < 4.78 is 0. The molecule has 1 heterocycles. The van der Waals surface area contributed by atoms with Crippen LogP contribution in [0.4, 0.5) is 0 Å². The van der Waals surface area contributed by atoms with E-state index in [4.69, 9.17) is 5.73 Å². The minimum Gasteiger partial charge on any atom is -0.330 e. The Morgan fingerprint density at radius 3 is 3.22 bits per heavy atom. The molecule has 0 aromatic rings. The van der Waals surface area contributed by atoms with Crippen molar-refractivity contribution in [2.45, 2.75) is 18.1 Å². The molecule has 51 valence electrons. The van der Waals surface area contributed by atoms with E-state index in [0.717, 1.165) is 19.5 Å². The molecule has 0 aromatic heterocycles. The van der Waals surface area contributed by atoms with E-state index < -0.39 is 0 Å². The predicted octanol–water partition coefficient (Wildman–Crippen LogP) is 0.746. The first-order valence-electron chi connectivity index (χ1n) is 3.20. The number of thioether (sulfide) groups is 1. The molecule has 1 unspecified atom stereocenters. The zero-order valence-electron chi connectivity index (χ0n) is 5.34. The van der Waals surface area contributed by atoms with E-state index >= 15 is 0 Å². The van der Waals surface area contributed by atoms with Gasteiger partial charge in [0.05, 0.1) is 6.54 Å². The van der Waals surface area contributed by atoms with E-state index in [2.05, 4.69) is 10.5 Å². The zero-order chi connectivity index (χ0) is 6.53. The summed E-state index contributed by atoms with van der Waals surface area (Å²) >= 11 is 1.71. The van der Waals surface area contributed by atoms with Crippen molar-refractivity contribution < 1.29 is 0 Å². The van der Waals surface area contributed by atoms with Crippen LogP contribution in [0, 0.1) is 0 Å². The highest BCUT2D eigenvalue weighted by molar-refractivity contribution is 8.12. The van der Waals surface area contributed by atoms with E-state index in [9.17, 15) is 0 Å². The molecule has 2 N–H and O–H groups in total. The Bertz CT molecular complexity index is 95.2. The molecule has 0 aliphatic carbocycles. The third kappa shape index (κ3) is 2.37. The number of aliphatic imine (C=N–C) groups is 1. The van der Waals surface area contributed by atoms with Gasteiger partial charge in [0, 0.05) is 5.25 Å². The molecule has 0 saturated carbocycles. The average molecular weight is 143 g/mol. The lowest BCUT2D eigenvalue weighted by atomic mass is 10.2. The van der Waals surface area contributed by atoms with Crippen LogP contribution in [0.15, 0.2) is 4.99 Å². The Morgan fingerprint density at radius 2 is 2.67 bits per heavy atom. The first-order valence-corrected chi connectivity index (χ1v) is 4.08. The zero-order valence-corrected chi connectivity index (χ0v) is 6.16. The summed E-state index contributed by atoms with van der Waals surface area (Å²) in [7, 11) is 0. The number of nitrogens with zero attached hydrogens (tertiary/aromatic N) is 1. The SMILES string of the molecule is NCCCC1CN=[C]S1. The second-order valence-corrected chi connectivity index (χ2v) is 3.19. The van der Waals surface area contributed by atoms with Gasteiger partial charge in [-0.05, 0) is 19.4 Å². The van der Waals surface area contributed by atoms with Crippen LogP contribution in [0.25, 0.3) is 0 Å². The van der Waals surface area contributed by atoms with Crippen LogP contribution in [0.1, 0.15) is 12.8 Å². The smallest absolute Gasteiger partial charge is 0.123 e. The molecule has 9 heavy (non-hydrogen) atoms. The van der Waals surface area contributed by atoms with Gasteiger partial charge in [0.1, 0.15) is 5.55 Å². The van der Waals surface area contributed by atoms with Gasteiger partial charge in [0.25, 0.3) is 0 Å². The lowest BCUT2D eigenvalue weighted by Gasteiger charge is -2.03. The Morgan fingerprint density at radius 1 is 1.78 bits per heavy atom. The largest absolute Gasteiger partial charge is 0.330 e. The van der Waals surface area contributed by atoms with Gasteiger partial charge in [-0.15, -0.1) is 0 Å². The first-order chi connectivity index (χ1) is 4.43. The number of hydrogen-bond acceptors (Lipinski definition) is 3. The second kappa shape index (κ2) is 3.90. The van der Waals surface area contributed by atoms with Gasteiger partial charge in [-0.25, -0.2) is 0 Å². The lowest BCUT2D eigenvalue weighted by molar-refractivity contribution is 0.717. The molecule has 1 rings (SSSR count). The Labute approximate surface area is 59.9 Å². The molecule has 1 atom stereocenters. The van der Waals surface area contributed by atoms with Crippen molar-refractivity contribution in [1.82, 2.24) is 0 Å². The fourth-order valence-corrected chi connectivity index (χ4v) is 1.52. The molecule has 2 nitrogen and oxygen atoms in total. The third-order valence-electron chi connectivity index (χ3n) is 1.31. The quantitative estimate of drug-likeness (QED) is 0.633. The molecule has 3 heteroatoms. The molecule has 0 bridgehead atoms. The monoisotopic (exact) mass is 143 g/mol. The molecule has 0 spiro atoms. The van der Waals surface area contributed by atoms with Gasteiger partial charge < -0.3 is 5.73 Å². The summed E-state index contributed by atoms with van der Waals surface area (Å²) in [6.07, 6.45) is 2.31. The maximum absolute atomic E-state index is 5.35. The van der Waals surface area contributed by atoms with E-state index in [1.165, 1.54) is 6.42 Å². The van der Waals surface area contributed by atoms with Crippen LogP contribution in [0.3, 0.4) is 0 Å². The van der Waals surface area contributed by atoms with E-state index in [0.29, 0.717) is 5.25 Å². The van der Waals surface area contributed by atoms with Gasteiger partial charge >= 0.3 is 0 Å². The summed E-state index contributed by atoms with van der Waals surface area (Å²) in [4.78, 5) is 3.99. The maximum Gasteiger partial charge on any atom is 0.123 e. The van der Waals surface area contributed by atoms with E-state index in [-0.39, 0.29) is 0 Å². The van der Waals surface area contributed by atoms with Crippen LogP contribution in [-0.2, 0) is 0 Å². The van der Waals surface area contributed by atoms with Crippen LogP contribution in [-0.4, -0.2) is 23.9 Å². The van der Waals surface area contributed by atoms with E-state index in [1.807, 2.05) is 0 Å². The van der Waals surface area contributed by atoms with Crippen LogP contribution in [0.2, 0.25) is 0 Å². The van der Waals surface area contributed by atoms with Gasteiger partial charge in [-0.3, -0.25) is 4.99 Å². The van der Waals surface area contributed by atoms with Crippen molar-refractivity contribution in [2.24, 2.45) is 10.7 Å².